The van der Waals surface area contributed by atoms with E-state index in [4.69, 9.17) is 5.11 Å². The van der Waals surface area contributed by atoms with Crippen LogP contribution in [0.3, 0.4) is 0 Å². The lowest BCUT2D eigenvalue weighted by Crippen LogP contribution is -2.37. The predicted octanol–water partition coefficient (Wildman–Crippen LogP) is -0.514. The number of aliphatic hydroxyl groups is 1. The van der Waals surface area contributed by atoms with E-state index >= 15 is 0 Å². The molecule has 1 atom stereocenters. The molecule has 0 aromatic carbocycles. The summed E-state index contributed by atoms with van der Waals surface area (Å²) in [6.45, 7) is 3.75. The van der Waals surface area contributed by atoms with Crippen molar-refractivity contribution in [2.75, 3.05) is 12.5 Å². The van der Waals surface area contributed by atoms with E-state index in [1.165, 1.54) is 0 Å². The highest BCUT2D eigenvalue weighted by Gasteiger charge is 2.09. The second-order valence-electron chi connectivity index (χ2n) is 3.42. The molecule has 0 spiro atoms. The Hall–Kier alpha value is -0.170. The minimum absolute atomic E-state index is 0.159. The van der Waals surface area contributed by atoms with E-state index < -0.39 is 16.0 Å². The lowest BCUT2D eigenvalue weighted by atomic mass is 10.1. The molecular formula is C7H16NO4S-. The first-order valence-electron chi connectivity index (χ1n) is 4.13. The van der Waals surface area contributed by atoms with E-state index in [1.54, 1.807) is 0 Å². The van der Waals surface area contributed by atoms with Crippen molar-refractivity contribution in [3.05, 3.63) is 0 Å². The third-order valence-corrected chi connectivity index (χ3v) is 2.05. The van der Waals surface area contributed by atoms with Crippen molar-refractivity contribution in [2.45, 2.75) is 26.3 Å². The van der Waals surface area contributed by atoms with Crippen molar-refractivity contribution in [1.29, 1.82) is 0 Å². The van der Waals surface area contributed by atoms with Crippen LogP contribution in [-0.4, -0.2) is 36.6 Å². The van der Waals surface area contributed by atoms with E-state index in [1.807, 2.05) is 13.8 Å². The molecule has 0 bridgehead atoms. The van der Waals surface area contributed by atoms with Crippen molar-refractivity contribution in [3.8, 4) is 0 Å². The van der Waals surface area contributed by atoms with Crippen LogP contribution in [0.4, 0.5) is 0 Å². The Morgan fingerprint density at radius 2 is 2.00 bits per heavy atom. The molecule has 0 radical (unpaired) electrons. The van der Waals surface area contributed by atoms with Gasteiger partial charge in [0.2, 0.25) is 0 Å². The molecule has 0 amide bonds. The molecule has 0 fully saturated rings. The molecule has 0 aromatic rings. The summed E-state index contributed by atoms with van der Waals surface area (Å²) in [6.07, 6.45) is 0.645. The maximum Gasteiger partial charge on any atom is 0.108 e. The number of hydrogen-bond acceptors (Lipinski definition) is 5. The lowest BCUT2D eigenvalue weighted by molar-refractivity contribution is 0.228. The van der Waals surface area contributed by atoms with Crippen LogP contribution in [0.1, 0.15) is 20.3 Å². The SMILES string of the molecule is CC(C)CC(CO)NCS(=O)(=O)[O-]. The lowest BCUT2D eigenvalue weighted by Gasteiger charge is -2.19. The Labute approximate surface area is 78.9 Å². The number of rotatable bonds is 6. The van der Waals surface area contributed by atoms with Crippen LogP contribution < -0.4 is 5.32 Å². The standard InChI is InChI=1S/C7H17NO4S/c1-6(2)3-7(4-9)8-5-13(10,11)12/h6-9H,3-5H2,1-2H3,(H,10,11,12)/p-1. The molecule has 0 aliphatic carbocycles. The van der Waals surface area contributed by atoms with Crippen LogP contribution >= 0.6 is 0 Å². The highest BCUT2D eigenvalue weighted by atomic mass is 32.2. The van der Waals surface area contributed by atoms with E-state index in [-0.39, 0.29) is 12.6 Å². The Kier molecular flexibility index (Phi) is 5.46. The van der Waals surface area contributed by atoms with Crippen LogP contribution in [0.15, 0.2) is 0 Å². The van der Waals surface area contributed by atoms with Gasteiger partial charge in [-0.05, 0) is 12.3 Å². The number of aliphatic hydroxyl groups excluding tert-OH is 1. The molecule has 0 rings (SSSR count). The van der Waals surface area contributed by atoms with Gasteiger partial charge in [-0.1, -0.05) is 13.8 Å². The molecule has 0 heterocycles. The topological polar surface area (TPSA) is 89.5 Å². The molecule has 5 nitrogen and oxygen atoms in total. The van der Waals surface area contributed by atoms with Crippen LogP contribution in [0, 0.1) is 5.92 Å². The third kappa shape index (κ3) is 8.17. The maximum atomic E-state index is 10.2. The van der Waals surface area contributed by atoms with Gasteiger partial charge in [-0.2, -0.15) is 0 Å². The van der Waals surface area contributed by atoms with Gasteiger partial charge in [0.05, 0.1) is 12.5 Å². The number of nitrogens with one attached hydrogen (secondary N) is 1. The maximum absolute atomic E-state index is 10.2. The van der Waals surface area contributed by atoms with E-state index in [9.17, 15) is 13.0 Å². The molecule has 0 aliphatic rings. The second kappa shape index (κ2) is 5.54. The van der Waals surface area contributed by atoms with Crippen molar-refractivity contribution in [1.82, 2.24) is 5.32 Å². The molecule has 2 N–H and O–H groups in total. The summed E-state index contributed by atoms with van der Waals surface area (Å²) >= 11 is 0. The first-order chi connectivity index (χ1) is 5.85. The highest BCUT2D eigenvalue weighted by molar-refractivity contribution is 7.85. The van der Waals surface area contributed by atoms with Crippen molar-refractivity contribution in [3.63, 3.8) is 0 Å². The summed E-state index contributed by atoms with van der Waals surface area (Å²) in [5.41, 5.74) is 0. The Morgan fingerprint density at radius 3 is 2.31 bits per heavy atom. The molecule has 6 heteroatoms. The summed E-state index contributed by atoms with van der Waals surface area (Å²) < 4.78 is 30.7. The fourth-order valence-corrected chi connectivity index (χ4v) is 1.45. The van der Waals surface area contributed by atoms with Crippen LogP contribution in [0.2, 0.25) is 0 Å². The fraction of sp³-hybridized carbons (Fsp3) is 1.00. The van der Waals surface area contributed by atoms with Gasteiger partial charge in [-0.3, -0.25) is 5.32 Å². The molecular weight excluding hydrogens is 194 g/mol. The minimum Gasteiger partial charge on any atom is -0.747 e. The van der Waals surface area contributed by atoms with Crippen LogP contribution in [-0.2, 0) is 10.1 Å². The number of hydrogen-bond donors (Lipinski definition) is 2. The van der Waals surface area contributed by atoms with Gasteiger partial charge in [-0.15, -0.1) is 0 Å². The quantitative estimate of drug-likeness (QED) is 0.576. The molecule has 0 saturated carbocycles. The summed E-state index contributed by atoms with van der Waals surface area (Å²) in [6, 6.07) is -0.316. The van der Waals surface area contributed by atoms with Gasteiger partial charge in [0.1, 0.15) is 10.1 Å². The van der Waals surface area contributed by atoms with Gasteiger partial charge in [-0.25, -0.2) is 8.42 Å². The highest BCUT2D eigenvalue weighted by Crippen LogP contribution is 2.03. The summed E-state index contributed by atoms with van der Waals surface area (Å²) in [5.74, 6) is -0.274. The molecule has 0 aliphatic heterocycles. The smallest absolute Gasteiger partial charge is 0.108 e. The Balaban J connectivity index is 3.86. The van der Waals surface area contributed by atoms with E-state index in [2.05, 4.69) is 5.32 Å². The third-order valence-electron chi connectivity index (χ3n) is 1.53. The summed E-state index contributed by atoms with van der Waals surface area (Å²) in [7, 11) is -4.24. The molecule has 0 saturated heterocycles. The van der Waals surface area contributed by atoms with Crippen LogP contribution in [0.25, 0.3) is 0 Å². The predicted molar refractivity (Wildman–Crippen MR) is 48.0 cm³/mol. The van der Waals surface area contributed by atoms with Gasteiger partial charge < -0.3 is 9.66 Å². The zero-order valence-corrected chi connectivity index (χ0v) is 8.67. The summed E-state index contributed by atoms with van der Waals surface area (Å²) in [4.78, 5) is 0. The zero-order valence-electron chi connectivity index (χ0n) is 7.86. The second-order valence-corrected chi connectivity index (χ2v) is 4.82. The van der Waals surface area contributed by atoms with Crippen molar-refractivity contribution in [2.24, 2.45) is 5.92 Å². The largest absolute Gasteiger partial charge is 0.747 e. The van der Waals surface area contributed by atoms with Crippen LogP contribution in [0.5, 0.6) is 0 Å². The Morgan fingerprint density at radius 1 is 1.46 bits per heavy atom. The first kappa shape index (κ1) is 12.8. The van der Waals surface area contributed by atoms with Gasteiger partial charge in [0.25, 0.3) is 0 Å². The van der Waals surface area contributed by atoms with E-state index in [0.717, 1.165) is 0 Å². The summed E-state index contributed by atoms with van der Waals surface area (Å²) in [5, 5.41) is 11.3. The van der Waals surface area contributed by atoms with E-state index in [0.29, 0.717) is 12.3 Å². The first-order valence-corrected chi connectivity index (χ1v) is 5.70. The normalized spacial score (nSPS) is 14.8. The average molecular weight is 210 g/mol. The van der Waals surface area contributed by atoms with Crippen molar-refractivity contribution >= 4 is 10.1 Å². The Bertz CT molecular complexity index is 225. The van der Waals surface area contributed by atoms with Crippen molar-refractivity contribution < 1.29 is 18.1 Å². The molecule has 0 aromatic heterocycles. The molecule has 80 valence electrons. The zero-order chi connectivity index (χ0) is 10.5. The average Bonchev–Trinajstić information content (AvgIpc) is 1.95. The molecule has 13 heavy (non-hydrogen) atoms. The van der Waals surface area contributed by atoms with Gasteiger partial charge in [0.15, 0.2) is 0 Å². The molecule has 1 unspecified atom stereocenters. The van der Waals surface area contributed by atoms with Gasteiger partial charge >= 0.3 is 0 Å². The monoisotopic (exact) mass is 210 g/mol. The minimum atomic E-state index is -4.24. The fourth-order valence-electron chi connectivity index (χ4n) is 1.01. The van der Waals surface area contributed by atoms with Gasteiger partial charge in [0, 0.05) is 6.04 Å².